The number of H-pyrrole nitrogens is 1. The summed E-state index contributed by atoms with van der Waals surface area (Å²) in [4.78, 5) is 23.6. The Morgan fingerprint density at radius 2 is 1.92 bits per heavy atom. The first-order chi connectivity index (χ1) is 11.5. The zero-order valence-corrected chi connectivity index (χ0v) is 14.2. The van der Waals surface area contributed by atoms with Gasteiger partial charge < -0.3 is 14.8 Å². The SMILES string of the molecule is CCC(NC(=O)c1cc(C(C)=O)n[nH]1)c1ccc(OC)c(OC)c1. The van der Waals surface area contributed by atoms with Gasteiger partial charge in [0.1, 0.15) is 11.4 Å². The molecule has 1 heterocycles. The molecule has 128 valence electrons. The second-order valence-electron chi connectivity index (χ2n) is 5.27. The van der Waals surface area contributed by atoms with Crippen molar-refractivity contribution in [2.45, 2.75) is 26.3 Å². The zero-order valence-electron chi connectivity index (χ0n) is 14.2. The Hall–Kier alpha value is -2.83. The molecule has 0 saturated heterocycles. The van der Waals surface area contributed by atoms with E-state index in [9.17, 15) is 9.59 Å². The van der Waals surface area contributed by atoms with Gasteiger partial charge in [0.2, 0.25) is 0 Å². The Kier molecular flexibility index (Phi) is 5.57. The summed E-state index contributed by atoms with van der Waals surface area (Å²) >= 11 is 0. The smallest absolute Gasteiger partial charge is 0.269 e. The number of methoxy groups -OCH3 is 2. The number of ether oxygens (including phenoxy) is 2. The number of hydrogen-bond acceptors (Lipinski definition) is 5. The Bertz CT molecular complexity index is 739. The third-order valence-electron chi connectivity index (χ3n) is 3.71. The van der Waals surface area contributed by atoms with Crippen molar-refractivity contribution in [3.8, 4) is 11.5 Å². The fraction of sp³-hybridized carbons (Fsp3) is 0.353. The normalized spacial score (nSPS) is 11.7. The van der Waals surface area contributed by atoms with Crippen molar-refractivity contribution in [3.63, 3.8) is 0 Å². The van der Waals surface area contributed by atoms with Crippen molar-refractivity contribution < 1.29 is 19.1 Å². The van der Waals surface area contributed by atoms with Crippen LogP contribution >= 0.6 is 0 Å². The number of hydrogen-bond donors (Lipinski definition) is 2. The van der Waals surface area contributed by atoms with Crippen LogP contribution < -0.4 is 14.8 Å². The van der Waals surface area contributed by atoms with Gasteiger partial charge in [0.15, 0.2) is 17.3 Å². The second-order valence-corrected chi connectivity index (χ2v) is 5.27. The highest BCUT2D eigenvalue weighted by atomic mass is 16.5. The van der Waals surface area contributed by atoms with Crippen LogP contribution in [0.15, 0.2) is 24.3 Å². The van der Waals surface area contributed by atoms with Crippen molar-refractivity contribution in [2.75, 3.05) is 14.2 Å². The van der Waals surface area contributed by atoms with E-state index in [1.807, 2.05) is 19.1 Å². The average molecular weight is 331 g/mol. The molecule has 0 aliphatic heterocycles. The summed E-state index contributed by atoms with van der Waals surface area (Å²) in [5.41, 5.74) is 1.38. The number of rotatable bonds is 7. The molecule has 7 nitrogen and oxygen atoms in total. The van der Waals surface area contributed by atoms with Gasteiger partial charge in [-0.15, -0.1) is 0 Å². The maximum atomic E-state index is 12.4. The van der Waals surface area contributed by atoms with Crippen molar-refractivity contribution >= 4 is 11.7 Å². The molecule has 24 heavy (non-hydrogen) atoms. The molecule has 1 amide bonds. The van der Waals surface area contributed by atoms with Crippen LogP contribution in [0.5, 0.6) is 11.5 Å². The van der Waals surface area contributed by atoms with E-state index in [2.05, 4.69) is 15.5 Å². The third-order valence-corrected chi connectivity index (χ3v) is 3.71. The van der Waals surface area contributed by atoms with E-state index in [4.69, 9.17) is 9.47 Å². The number of aromatic amines is 1. The van der Waals surface area contributed by atoms with Gasteiger partial charge in [-0.3, -0.25) is 14.7 Å². The van der Waals surface area contributed by atoms with Crippen LogP contribution in [0.4, 0.5) is 0 Å². The minimum absolute atomic E-state index is 0.197. The molecule has 2 rings (SSSR count). The first-order valence-corrected chi connectivity index (χ1v) is 7.59. The van der Waals surface area contributed by atoms with E-state index in [1.165, 1.54) is 13.0 Å². The summed E-state index contributed by atoms with van der Waals surface area (Å²) in [5.74, 6) is 0.707. The van der Waals surface area contributed by atoms with Crippen molar-refractivity contribution in [1.82, 2.24) is 15.5 Å². The average Bonchev–Trinajstić information content (AvgIpc) is 3.09. The third kappa shape index (κ3) is 3.73. The molecular weight excluding hydrogens is 310 g/mol. The summed E-state index contributed by atoms with van der Waals surface area (Å²) < 4.78 is 10.5. The lowest BCUT2D eigenvalue weighted by Gasteiger charge is -2.18. The minimum Gasteiger partial charge on any atom is -0.493 e. The van der Waals surface area contributed by atoms with Crippen LogP contribution in [0.2, 0.25) is 0 Å². The first kappa shape index (κ1) is 17.5. The number of nitrogens with zero attached hydrogens (tertiary/aromatic N) is 1. The topological polar surface area (TPSA) is 93.3 Å². The largest absolute Gasteiger partial charge is 0.493 e. The number of amides is 1. The van der Waals surface area contributed by atoms with E-state index < -0.39 is 0 Å². The van der Waals surface area contributed by atoms with Crippen LogP contribution in [-0.2, 0) is 0 Å². The summed E-state index contributed by atoms with van der Waals surface area (Å²) in [6.07, 6.45) is 0.689. The van der Waals surface area contributed by atoms with Gasteiger partial charge in [0.05, 0.1) is 20.3 Å². The van der Waals surface area contributed by atoms with E-state index in [1.54, 1.807) is 20.3 Å². The lowest BCUT2D eigenvalue weighted by atomic mass is 10.0. The maximum absolute atomic E-state index is 12.4. The molecule has 7 heteroatoms. The van der Waals surface area contributed by atoms with Gasteiger partial charge in [-0.1, -0.05) is 13.0 Å². The predicted octanol–water partition coefficient (Wildman–Crippen LogP) is 2.51. The molecule has 2 aromatic rings. The summed E-state index contributed by atoms with van der Waals surface area (Å²) in [6, 6.07) is 6.75. The number of nitrogens with one attached hydrogen (secondary N) is 2. The number of carbonyl (C=O) groups is 2. The van der Waals surface area contributed by atoms with E-state index in [0.29, 0.717) is 17.9 Å². The fourth-order valence-electron chi connectivity index (χ4n) is 2.35. The number of Topliss-reactive ketones (excluding diaryl/α,β-unsaturated/α-hetero) is 1. The van der Waals surface area contributed by atoms with Crippen molar-refractivity contribution in [3.05, 3.63) is 41.2 Å². The molecule has 2 N–H and O–H groups in total. The molecule has 0 bridgehead atoms. The second kappa shape index (κ2) is 7.63. The number of carbonyl (C=O) groups excluding carboxylic acids is 2. The lowest BCUT2D eigenvalue weighted by Crippen LogP contribution is -2.28. The summed E-state index contributed by atoms with van der Waals surface area (Å²) in [6.45, 7) is 3.37. The van der Waals surface area contributed by atoms with Crippen LogP contribution in [0.1, 0.15) is 52.9 Å². The molecule has 1 atom stereocenters. The summed E-state index contributed by atoms with van der Waals surface area (Å²) in [7, 11) is 3.14. The molecule has 0 spiro atoms. The van der Waals surface area contributed by atoms with Crippen LogP contribution in [0.3, 0.4) is 0 Å². The molecule has 0 radical (unpaired) electrons. The van der Waals surface area contributed by atoms with Gasteiger partial charge >= 0.3 is 0 Å². The van der Waals surface area contributed by atoms with E-state index >= 15 is 0 Å². The standard InChI is InChI=1S/C17H21N3O4/c1-5-12(11-6-7-15(23-3)16(8-11)24-4)18-17(22)14-9-13(10(2)21)19-20-14/h6-9,12H,5H2,1-4H3,(H,18,22)(H,19,20). The van der Waals surface area contributed by atoms with Gasteiger partial charge in [-0.05, 0) is 30.2 Å². The molecule has 0 fully saturated rings. The highest BCUT2D eigenvalue weighted by Crippen LogP contribution is 2.30. The highest BCUT2D eigenvalue weighted by molar-refractivity contribution is 5.97. The monoisotopic (exact) mass is 331 g/mol. The Balaban J connectivity index is 2.19. The molecule has 0 aliphatic carbocycles. The molecule has 0 saturated carbocycles. The van der Waals surface area contributed by atoms with Crippen LogP contribution in [-0.4, -0.2) is 36.1 Å². The van der Waals surface area contributed by atoms with Gasteiger partial charge in [-0.25, -0.2) is 0 Å². The zero-order chi connectivity index (χ0) is 17.7. The Morgan fingerprint density at radius 1 is 1.21 bits per heavy atom. The van der Waals surface area contributed by atoms with Crippen LogP contribution in [0, 0.1) is 0 Å². The molecule has 1 aromatic carbocycles. The van der Waals surface area contributed by atoms with Gasteiger partial charge in [-0.2, -0.15) is 5.10 Å². The minimum atomic E-state index is -0.323. The Morgan fingerprint density at radius 3 is 2.46 bits per heavy atom. The molecule has 0 aliphatic rings. The maximum Gasteiger partial charge on any atom is 0.269 e. The summed E-state index contributed by atoms with van der Waals surface area (Å²) in [5, 5.41) is 9.32. The number of aromatic nitrogens is 2. The fourth-order valence-corrected chi connectivity index (χ4v) is 2.35. The Labute approximate surface area is 140 Å². The van der Waals surface area contributed by atoms with E-state index in [0.717, 1.165) is 5.56 Å². The number of benzene rings is 1. The lowest BCUT2D eigenvalue weighted by molar-refractivity contribution is 0.0930. The highest BCUT2D eigenvalue weighted by Gasteiger charge is 2.18. The van der Waals surface area contributed by atoms with Gasteiger partial charge in [0.25, 0.3) is 5.91 Å². The van der Waals surface area contributed by atoms with E-state index in [-0.39, 0.29) is 29.1 Å². The van der Waals surface area contributed by atoms with Crippen molar-refractivity contribution in [1.29, 1.82) is 0 Å². The first-order valence-electron chi connectivity index (χ1n) is 7.59. The van der Waals surface area contributed by atoms with Gasteiger partial charge in [0, 0.05) is 6.92 Å². The predicted molar refractivity (Wildman–Crippen MR) is 88.6 cm³/mol. The molecule has 1 unspecified atom stereocenters. The quantitative estimate of drug-likeness (QED) is 0.760. The molecule has 1 aromatic heterocycles. The number of ketones is 1. The molecular formula is C17H21N3O4. The van der Waals surface area contributed by atoms with Crippen LogP contribution in [0.25, 0.3) is 0 Å². The van der Waals surface area contributed by atoms with Crippen molar-refractivity contribution in [2.24, 2.45) is 0 Å².